The first-order valence-electron chi connectivity index (χ1n) is 3.87. The summed E-state index contributed by atoms with van der Waals surface area (Å²) in [5.41, 5.74) is 1.00. The maximum Gasteiger partial charge on any atom is 0.307 e. The van der Waals surface area contributed by atoms with Gasteiger partial charge in [0.1, 0.15) is 0 Å². The third kappa shape index (κ3) is 1.26. The van der Waals surface area contributed by atoms with Gasteiger partial charge in [-0.15, -0.1) is 0 Å². The summed E-state index contributed by atoms with van der Waals surface area (Å²) < 4.78 is 4.36. The quantitative estimate of drug-likeness (QED) is 0.684. The smallest absolute Gasteiger partial charge is 0.307 e. The second kappa shape index (κ2) is 2.99. The number of hydrogen-bond acceptors (Lipinski definition) is 4. The largest absolute Gasteiger partial charge is 0.481 e. The minimum absolute atomic E-state index is 0.177. The van der Waals surface area contributed by atoms with Gasteiger partial charge in [-0.3, -0.25) is 9.42 Å². The number of hydrogen-bond donors (Lipinski definition) is 1. The molecule has 0 saturated heterocycles. The summed E-state index contributed by atoms with van der Waals surface area (Å²) >= 11 is 0. The van der Waals surface area contributed by atoms with Crippen LogP contribution in [0.25, 0.3) is 11.0 Å². The summed E-state index contributed by atoms with van der Waals surface area (Å²) in [7, 11) is 0. The Morgan fingerprint density at radius 3 is 3.14 bits per heavy atom. The molecule has 1 aromatic heterocycles. The van der Waals surface area contributed by atoms with Gasteiger partial charge < -0.3 is 10.3 Å². The lowest BCUT2D eigenvalue weighted by atomic mass is 10.1. The van der Waals surface area contributed by atoms with Crippen LogP contribution in [0.5, 0.6) is 0 Å². The number of rotatable bonds is 2. The van der Waals surface area contributed by atoms with Gasteiger partial charge >= 0.3 is 5.97 Å². The van der Waals surface area contributed by atoms with Gasteiger partial charge in [0, 0.05) is 10.7 Å². The van der Waals surface area contributed by atoms with E-state index in [1.165, 1.54) is 6.07 Å². The number of benzene rings is 1. The SMILES string of the molecule is O=C(O)Cc1cccc2c1no[n+]2[O-]. The highest BCUT2D eigenvalue weighted by atomic mass is 16.8. The predicted molar refractivity (Wildman–Crippen MR) is 44.3 cm³/mol. The maximum absolute atomic E-state index is 11.0. The molecule has 0 aliphatic carbocycles. The molecule has 1 aromatic carbocycles. The van der Waals surface area contributed by atoms with E-state index in [1.807, 2.05) is 0 Å². The molecule has 0 aliphatic rings. The lowest BCUT2D eigenvalue weighted by Crippen LogP contribution is -2.22. The van der Waals surface area contributed by atoms with Gasteiger partial charge in [0.25, 0.3) is 5.52 Å². The first kappa shape index (κ1) is 8.49. The van der Waals surface area contributed by atoms with E-state index >= 15 is 0 Å². The molecular formula is C8H6N2O4. The zero-order valence-corrected chi connectivity index (χ0v) is 7.01. The molecule has 0 atom stereocenters. The average Bonchev–Trinajstić information content (AvgIpc) is 2.49. The normalized spacial score (nSPS) is 10.6. The van der Waals surface area contributed by atoms with Crippen molar-refractivity contribution in [1.29, 1.82) is 0 Å². The monoisotopic (exact) mass is 194 g/mol. The molecule has 1 N–H and O–H groups in total. The third-order valence-electron chi connectivity index (χ3n) is 1.84. The van der Waals surface area contributed by atoms with E-state index in [0.717, 1.165) is 0 Å². The van der Waals surface area contributed by atoms with Gasteiger partial charge in [-0.05, 0) is 11.0 Å². The summed E-state index contributed by atoms with van der Waals surface area (Å²) in [5.74, 6) is -0.974. The summed E-state index contributed by atoms with van der Waals surface area (Å²) in [5, 5.41) is 23.0. The molecule has 0 saturated carbocycles. The van der Waals surface area contributed by atoms with Crippen LogP contribution in [0.2, 0.25) is 0 Å². The Balaban J connectivity index is 2.59. The van der Waals surface area contributed by atoms with Gasteiger partial charge in [0.15, 0.2) is 0 Å². The Kier molecular flexibility index (Phi) is 1.81. The Labute approximate surface area is 77.9 Å². The van der Waals surface area contributed by atoms with Crippen LogP contribution in [-0.2, 0) is 11.2 Å². The molecule has 0 unspecified atom stereocenters. The topological polar surface area (TPSA) is 90.3 Å². The van der Waals surface area contributed by atoms with Gasteiger partial charge in [0.05, 0.1) is 6.42 Å². The van der Waals surface area contributed by atoms with E-state index < -0.39 is 5.97 Å². The van der Waals surface area contributed by atoms with Crippen LogP contribution < -0.4 is 4.90 Å². The van der Waals surface area contributed by atoms with Gasteiger partial charge in [0.2, 0.25) is 5.52 Å². The number of carbonyl (C=O) groups is 1. The van der Waals surface area contributed by atoms with Crippen molar-refractivity contribution in [2.45, 2.75) is 6.42 Å². The molecule has 2 rings (SSSR count). The highest BCUT2D eigenvalue weighted by molar-refractivity contribution is 5.80. The number of aliphatic carboxylic acids is 1. The molecule has 0 bridgehead atoms. The number of aromatic nitrogens is 2. The number of nitrogens with zero attached hydrogens (tertiary/aromatic N) is 2. The van der Waals surface area contributed by atoms with E-state index in [4.69, 9.17) is 5.11 Å². The first-order valence-corrected chi connectivity index (χ1v) is 3.87. The standard InChI is InChI=1S/C8H6N2O4/c11-7(12)4-5-2-1-3-6-8(5)9-14-10(6)13/h1-3H,4H2,(H,11,12). The highest BCUT2D eigenvalue weighted by Gasteiger charge is 2.15. The number of fused-ring (bicyclic) bond motifs is 1. The molecule has 0 fully saturated rings. The fourth-order valence-electron chi connectivity index (χ4n) is 1.26. The molecule has 0 radical (unpaired) electrons. The lowest BCUT2D eigenvalue weighted by Gasteiger charge is -1.92. The van der Waals surface area contributed by atoms with E-state index in [1.54, 1.807) is 12.1 Å². The Morgan fingerprint density at radius 1 is 1.64 bits per heavy atom. The van der Waals surface area contributed by atoms with Crippen molar-refractivity contribution >= 4 is 17.0 Å². The fourth-order valence-corrected chi connectivity index (χ4v) is 1.26. The molecule has 1 heterocycles. The van der Waals surface area contributed by atoms with Gasteiger partial charge in [-0.25, -0.2) is 0 Å². The number of carboxylic acid groups (broad SMARTS) is 1. The second-order valence-corrected chi connectivity index (χ2v) is 2.79. The summed E-state index contributed by atoms with van der Waals surface area (Å²) in [6, 6.07) is 4.70. The van der Waals surface area contributed by atoms with Crippen molar-refractivity contribution in [3.05, 3.63) is 29.0 Å². The van der Waals surface area contributed by atoms with Crippen LogP contribution >= 0.6 is 0 Å². The summed E-state index contributed by atoms with van der Waals surface area (Å²) in [6.07, 6.45) is -0.177. The van der Waals surface area contributed by atoms with Crippen molar-refractivity contribution in [3.63, 3.8) is 0 Å². The number of carboxylic acids is 1. The zero-order chi connectivity index (χ0) is 10.1. The first-order chi connectivity index (χ1) is 6.68. The summed E-state index contributed by atoms with van der Waals surface area (Å²) in [6.45, 7) is 0. The van der Waals surface area contributed by atoms with Crippen molar-refractivity contribution < 1.29 is 19.4 Å². The lowest BCUT2D eigenvalue weighted by molar-refractivity contribution is -0.782. The fraction of sp³-hybridized carbons (Fsp3) is 0.125. The van der Waals surface area contributed by atoms with Gasteiger partial charge in [-0.2, -0.15) is 0 Å². The molecule has 72 valence electrons. The van der Waals surface area contributed by atoms with Crippen molar-refractivity contribution in [1.82, 2.24) is 5.16 Å². The maximum atomic E-state index is 11.0. The Hall–Kier alpha value is -2.11. The Morgan fingerprint density at radius 2 is 2.43 bits per heavy atom. The van der Waals surface area contributed by atoms with E-state index in [-0.39, 0.29) is 16.8 Å². The van der Waals surface area contributed by atoms with Crippen LogP contribution in [0.15, 0.2) is 22.8 Å². The zero-order valence-electron chi connectivity index (χ0n) is 7.01. The average molecular weight is 194 g/mol. The predicted octanol–water partition coefficient (Wildman–Crippen LogP) is 0.0883. The van der Waals surface area contributed by atoms with Crippen LogP contribution in [0.3, 0.4) is 0 Å². The van der Waals surface area contributed by atoms with Crippen LogP contribution in [-0.4, -0.2) is 16.2 Å². The van der Waals surface area contributed by atoms with Crippen LogP contribution in [0, 0.1) is 5.21 Å². The van der Waals surface area contributed by atoms with Crippen molar-refractivity contribution in [2.75, 3.05) is 0 Å². The molecule has 2 aromatic rings. The Bertz CT molecular complexity index is 491. The van der Waals surface area contributed by atoms with Crippen LogP contribution in [0.1, 0.15) is 5.56 Å². The van der Waals surface area contributed by atoms with E-state index in [2.05, 4.69) is 9.79 Å². The minimum atomic E-state index is -0.974. The molecule has 6 heteroatoms. The molecular weight excluding hydrogens is 188 g/mol. The molecule has 6 nitrogen and oxygen atoms in total. The van der Waals surface area contributed by atoms with Crippen LogP contribution in [0.4, 0.5) is 0 Å². The van der Waals surface area contributed by atoms with Gasteiger partial charge in [-0.1, -0.05) is 12.1 Å². The van der Waals surface area contributed by atoms with Crippen molar-refractivity contribution in [3.8, 4) is 0 Å². The molecule has 0 aliphatic heterocycles. The minimum Gasteiger partial charge on any atom is -0.481 e. The molecule has 0 amide bonds. The molecule has 14 heavy (non-hydrogen) atoms. The van der Waals surface area contributed by atoms with Crippen molar-refractivity contribution in [2.24, 2.45) is 0 Å². The second-order valence-electron chi connectivity index (χ2n) is 2.79. The summed E-state index contributed by atoms with van der Waals surface area (Å²) in [4.78, 5) is 10.7. The highest BCUT2D eigenvalue weighted by Crippen LogP contribution is 2.13. The third-order valence-corrected chi connectivity index (χ3v) is 1.84. The van der Waals surface area contributed by atoms with E-state index in [0.29, 0.717) is 11.1 Å². The molecule has 0 spiro atoms. The van der Waals surface area contributed by atoms with E-state index in [9.17, 15) is 10.0 Å².